The molecule has 1 unspecified atom stereocenters. The summed E-state index contributed by atoms with van der Waals surface area (Å²) in [4.78, 5) is 5.41. The molecule has 0 saturated carbocycles. The minimum atomic E-state index is -4.26. The SMILES string of the molecule is CCNC(CCOCC(F)(F)F)Cc1cn2ccsc2n1. The van der Waals surface area contributed by atoms with Crippen LogP contribution in [0.15, 0.2) is 17.8 Å². The number of imidazole rings is 1. The van der Waals surface area contributed by atoms with E-state index in [0.717, 1.165) is 17.2 Å². The van der Waals surface area contributed by atoms with E-state index in [0.29, 0.717) is 12.8 Å². The molecule has 0 fully saturated rings. The van der Waals surface area contributed by atoms with Crippen LogP contribution in [0.2, 0.25) is 0 Å². The summed E-state index contributed by atoms with van der Waals surface area (Å²) in [6.07, 6.45) is 0.826. The number of hydrogen-bond acceptors (Lipinski definition) is 4. The minimum absolute atomic E-state index is 0.0628. The number of nitrogens with one attached hydrogen (secondary N) is 1. The van der Waals surface area contributed by atoms with Crippen LogP contribution in [0.3, 0.4) is 0 Å². The maximum absolute atomic E-state index is 12.0. The molecule has 2 rings (SSSR count). The first-order chi connectivity index (χ1) is 9.98. The third-order valence-corrected chi connectivity index (χ3v) is 3.74. The van der Waals surface area contributed by atoms with Gasteiger partial charge in [-0.25, -0.2) is 4.98 Å². The molecular formula is C13H18F3N3OS. The third-order valence-electron chi connectivity index (χ3n) is 2.97. The highest BCUT2D eigenvalue weighted by atomic mass is 32.1. The molecule has 0 bridgehead atoms. The van der Waals surface area contributed by atoms with E-state index < -0.39 is 12.8 Å². The molecule has 118 valence electrons. The van der Waals surface area contributed by atoms with E-state index in [4.69, 9.17) is 0 Å². The highest BCUT2D eigenvalue weighted by Crippen LogP contribution is 2.16. The Morgan fingerprint density at radius 1 is 1.48 bits per heavy atom. The van der Waals surface area contributed by atoms with Crippen LogP contribution >= 0.6 is 11.3 Å². The molecule has 1 N–H and O–H groups in total. The molecule has 2 aromatic rings. The first-order valence-electron chi connectivity index (χ1n) is 6.77. The van der Waals surface area contributed by atoms with Crippen molar-refractivity contribution in [3.8, 4) is 0 Å². The number of ether oxygens (including phenoxy) is 1. The van der Waals surface area contributed by atoms with Crippen molar-refractivity contribution in [2.75, 3.05) is 19.8 Å². The Morgan fingerprint density at radius 3 is 2.95 bits per heavy atom. The quantitative estimate of drug-likeness (QED) is 0.760. The van der Waals surface area contributed by atoms with Crippen molar-refractivity contribution < 1.29 is 17.9 Å². The lowest BCUT2D eigenvalue weighted by Gasteiger charge is -2.17. The van der Waals surface area contributed by atoms with Crippen molar-refractivity contribution in [2.45, 2.75) is 32.0 Å². The van der Waals surface area contributed by atoms with Gasteiger partial charge in [0.2, 0.25) is 0 Å². The minimum Gasteiger partial charge on any atom is -0.372 e. The summed E-state index contributed by atoms with van der Waals surface area (Å²) >= 11 is 1.55. The van der Waals surface area contributed by atoms with Gasteiger partial charge in [-0.2, -0.15) is 13.2 Å². The zero-order valence-electron chi connectivity index (χ0n) is 11.7. The Morgan fingerprint density at radius 2 is 2.29 bits per heavy atom. The fourth-order valence-electron chi connectivity index (χ4n) is 2.11. The number of fused-ring (bicyclic) bond motifs is 1. The fourth-order valence-corrected chi connectivity index (χ4v) is 2.82. The molecule has 1 atom stereocenters. The lowest BCUT2D eigenvalue weighted by Crippen LogP contribution is -2.32. The van der Waals surface area contributed by atoms with E-state index in [1.165, 1.54) is 0 Å². The standard InChI is InChI=1S/C13H18F3N3OS/c1-2-17-10(3-5-20-9-13(14,15)16)7-11-8-19-4-6-21-12(19)18-11/h4,6,8,10,17H,2-3,5,7,9H2,1H3. The van der Waals surface area contributed by atoms with Gasteiger partial charge in [0, 0.05) is 36.8 Å². The number of rotatable bonds is 8. The summed E-state index contributed by atoms with van der Waals surface area (Å²) in [6.45, 7) is 1.62. The molecule has 0 aliphatic heterocycles. The largest absolute Gasteiger partial charge is 0.411 e. The van der Waals surface area contributed by atoms with Gasteiger partial charge < -0.3 is 10.1 Å². The van der Waals surface area contributed by atoms with Crippen LogP contribution < -0.4 is 5.32 Å². The number of hydrogen-bond donors (Lipinski definition) is 1. The molecule has 8 heteroatoms. The zero-order valence-corrected chi connectivity index (χ0v) is 12.5. The molecule has 2 aromatic heterocycles. The molecule has 0 aliphatic rings. The van der Waals surface area contributed by atoms with Crippen molar-refractivity contribution in [3.05, 3.63) is 23.5 Å². The van der Waals surface area contributed by atoms with Crippen molar-refractivity contribution in [1.29, 1.82) is 0 Å². The number of alkyl halides is 3. The molecule has 0 amide bonds. The Hall–Kier alpha value is -1.12. The van der Waals surface area contributed by atoms with Gasteiger partial charge in [0.25, 0.3) is 0 Å². The van der Waals surface area contributed by atoms with Crippen LogP contribution in [0.1, 0.15) is 19.0 Å². The molecule has 0 aliphatic carbocycles. The van der Waals surface area contributed by atoms with Crippen molar-refractivity contribution in [2.24, 2.45) is 0 Å². The first-order valence-corrected chi connectivity index (χ1v) is 7.65. The Labute approximate surface area is 124 Å². The predicted octanol–water partition coefficient (Wildman–Crippen LogP) is 2.89. The smallest absolute Gasteiger partial charge is 0.372 e. The second-order valence-corrected chi connectivity index (χ2v) is 5.61. The van der Waals surface area contributed by atoms with Crippen LogP contribution in [0.5, 0.6) is 0 Å². The molecule has 2 heterocycles. The number of thiazole rings is 1. The first kappa shape index (κ1) is 16.3. The van der Waals surface area contributed by atoms with Gasteiger partial charge in [0.1, 0.15) is 6.61 Å². The van der Waals surface area contributed by atoms with Crippen molar-refractivity contribution in [3.63, 3.8) is 0 Å². The highest BCUT2D eigenvalue weighted by molar-refractivity contribution is 7.15. The van der Waals surface area contributed by atoms with Crippen LogP contribution in [0.25, 0.3) is 4.96 Å². The monoisotopic (exact) mass is 321 g/mol. The summed E-state index contributed by atoms with van der Waals surface area (Å²) in [5, 5.41) is 5.22. The van der Waals surface area contributed by atoms with Crippen molar-refractivity contribution >= 4 is 16.3 Å². The number of halogens is 3. The maximum Gasteiger partial charge on any atom is 0.411 e. The third kappa shape index (κ3) is 5.29. The van der Waals surface area contributed by atoms with Gasteiger partial charge in [-0.15, -0.1) is 11.3 Å². The summed E-state index contributed by atoms with van der Waals surface area (Å²) in [5.74, 6) is 0. The number of likely N-dealkylation sites (N-methyl/N-ethyl adjacent to an activating group) is 1. The normalized spacial score (nSPS) is 13.9. The van der Waals surface area contributed by atoms with E-state index in [9.17, 15) is 13.2 Å². The summed E-state index contributed by atoms with van der Waals surface area (Å²) in [5.41, 5.74) is 0.934. The number of nitrogens with zero attached hydrogens (tertiary/aromatic N) is 2. The molecule has 4 nitrogen and oxygen atoms in total. The second kappa shape index (κ2) is 7.24. The lowest BCUT2D eigenvalue weighted by molar-refractivity contribution is -0.174. The molecule has 0 spiro atoms. The lowest BCUT2D eigenvalue weighted by atomic mass is 10.1. The summed E-state index contributed by atoms with van der Waals surface area (Å²) < 4.78 is 42.6. The maximum atomic E-state index is 12.0. The van der Waals surface area contributed by atoms with E-state index >= 15 is 0 Å². The number of aromatic nitrogens is 2. The second-order valence-electron chi connectivity index (χ2n) is 4.74. The van der Waals surface area contributed by atoms with E-state index in [-0.39, 0.29) is 12.6 Å². The average Bonchev–Trinajstić information content (AvgIpc) is 2.94. The van der Waals surface area contributed by atoms with Gasteiger partial charge in [-0.1, -0.05) is 6.92 Å². The molecule has 0 radical (unpaired) electrons. The predicted molar refractivity (Wildman–Crippen MR) is 75.7 cm³/mol. The van der Waals surface area contributed by atoms with Gasteiger partial charge in [-0.05, 0) is 13.0 Å². The molecule has 0 aromatic carbocycles. The molecule has 0 saturated heterocycles. The van der Waals surface area contributed by atoms with Crippen molar-refractivity contribution in [1.82, 2.24) is 14.7 Å². The molecule has 21 heavy (non-hydrogen) atoms. The molecular weight excluding hydrogens is 303 g/mol. The Balaban J connectivity index is 1.82. The van der Waals surface area contributed by atoms with Crippen LogP contribution in [0.4, 0.5) is 13.2 Å². The summed E-state index contributed by atoms with van der Waals surface area (Å²) in [6, 6.07) is 0.0628. The Bertz CT molecular complexity index is 524. The van der Waals surface area contributed by atoms with Gasteiger partial charge in [0.05, 0.1) is 5.69 Å². The van der Waals surface area contributed by atoms with Crippen LogP contribution in [-0.2, 0) is 11.2 Å². The highest BCUT2D eigenvalue weighted by Gasteiger charge is 2.27. The Kier molecular flexibility index (Phi) is 5.60. The van der Waals surface area contributed by atoms with Crippen LogP contribution in [-0.4, -0.2) is 41.4 Å². The zero-order chi connectivity index (χ0) is 15.3. The fraction of sp³-hybridized carbons (Fsp3) is 0.615. The van der Waals surface area contributed by atoms with Gasteiger partial charge in [-0.3, -0.25) is 4.40 Å². The van der Waals surface area contributed by atoms with E-state index in [1.54, 1.807) is 11.3 Å². The summed E-state index contributed by atoms with van der Waals surface area (Å²) in [7, 11) is 0. The average molecular weight is 321 g/mol. The van der Waals surface area contributed by atoms with Gasteiger partial charge >= 0.3 is 6.18 Å². The van der Waals surface area contributed by atoms with E-state index in [2.05, 4.69) is 15.0 Å². The van der Waals surface area contributed by atoms with E-state index in [1.807, 2.05) is 29.1 Å². The van der Waals surface area contributed by atoms with Crippen LogP contribution in [0, 0.1) is 0 Å². The van der Waals surface area contributed by atoms with Gasteiger partial charge in [0.15, 0.2) is 4.96 Å². The topological polar surface area (TPSA) is 38.6 Å².